The van der Waals surface area contributed by atoms with E-state index in [4.69, 9.17) is 5.11 Å². The predicted octanol–water partition coefficient (Wildman–Crippen LogP) is 2.89. The van der Waals surface area contributed by atoms with E-state index in [1.54, 1.807) is 0 Å². The van der Waals surface area contributed by atoms with Crippen molar-refractivity contribution in [3.05, 3.63) is 35.4 Å². The maximum Gasteiger partial charge on any atom is 0.319 e. The molecule has 0 saturated heterocycles. The fourth-order valence-corrected chi connectivity index (χ4v) is 3.27. The van der Waals surface area contributed by atoms with Crippen molar-refractivity contribution in [2.75, 3.05) is 0 Å². The van der Waals surface area contributed by atoms with Crippen LogP contribution in [-0.2, 0) is 21.3 Å². The van der Waals surface area contributed by atoms with Gasteiger partial charge in [-0.05, 0) is 24.5 Å². The summed E-state index contributed by atoms with van der Waals surface area (Å²) in [6, 6.07) is 7.68. The van der Waals surface area contributed by atoms with Gasteiger partial charge in [0.15, 0.2) is 0 Å². The molecule has 1 aromatic carbocycles. The highest BCUT2D eigenvalue weighted by molar-refractivity contribution is 7.85. The van der Waals surface area contributed by atoms with Crippen LogP contribution in [-0.4, -0.2) is 20.5 Å². The second-order valence-corrected chi connectivity index (χ2v) is 6.04. The van der Waals surface area contributed by atoms with E-state index in [0.717, 1.165) is 24.0 Å². The topological polar surface area (TPSA) is 54.4 Å². The molecule has 0 aliphatic carbocycles. The molecule has 0 aliphatic rings. The third-order valence-electron chi connectivity index (χ3n) is 2.97. The van der Waals surface area contributed by atoms with Gasteiger partial charge in [0.1, 0.15) is 5.25 Å². The van der Waals surface area contributed by atoms with Crippen molar-refractivity contribution < 1.29 is 14.1 Å². The smallest absolute Gasteiger partial charge is 0.319 e. The summed E-state index contributed by atoms with van der Waals surface area (Å²) in [5.41, 5.74) is 2.03. The van der Waals surface area contributed by atoms with Crippen LogP contribution in [0.5, 0.6) is 0 Å². The summed E-state index contributed by atoms with van der Waals surface area (Å²) >= 11 is 0. The van der Waals surface area contributed by atoms with Gasteiger partial charge in [0, 0.05) is 16.6 Å². The number of aryl methyl sites for hydroxylation is 1. The molecule has 4 heteroatoms. The maximum absolute atomic E-state index is 12.1. The van der Waals surface area contributed by atoms with Gasteiger partial charge in [-0.25, -0.2) is 0 Å². The minimum atomic E-state index is -1.35. The number of rotatable bonds is 7. The van der Waals surface area contributed by atoms with Crippen molar-refractivity contribution in [2.45, 2.75) is 44.1 Å². The van der Waals surface area contributed by atoms with Gasteiger partial charge in [0.2, 0.25) is 0 Å². The summed E-state index contributed by atoms with van der Waals surface area (Å²) in [4.78, 5) is 11.1. The number of unbranched alkanes of at least 4 members (excludes halogenated alkanes) is 1. The first-order chi connectivity index (χ1) is 8.56. The van der Waals surface area contributed by atoms with E-state index < -0.39 is 22.0 Å². The van der Waals surface area contributed by atoms with Crippen LogP contribution in [0.15, 0.2) is 24.3 Å². The monoisotopic (exact) mass is 268 g/mol. The van der Waals surface area contributed by atoms with Gasteiger partial charge in [-0.2, -0.15) is 0 Å². The summed E-state index contributed by atoms with van der Waals surface area (Å²) in [5, 5.41) is 8.38. The molecule has 1 rings (SSSR count). The largest absolute Gasteiger partial charge is 0.480 e. The first-order valence-electron chi connectivity index (χ1n) is 6.20. The van der Waals surface area contributed by atoms with Gasteiger partial charge in [-0.3, -0.25) is 9.00 Å². The fraction of sp³-hybridized carbons (Fsp3) is 0.500. The van der Waals surface area contributed by atoms with Gasteiger partial charge in [-0.1, -0.05) is 44.0 Å². The first-order valence-corrected chi connectivity index (χ1v) is 7.59. The zero-order chi connectivity index (χ0) is 13.5. The van der Waals surface area contributed by atoms with Crippen LogP contribution in [0.3, 0.4) is 0 Å². The quantitative estimate of drug-likeness (QED) is 0.827. The molecule has 2 atom stereocenters. The van der Waals surface area contributed by atoms with Crippen LogP contribution < -0.4 is 0 Å². The number of carbonyl (C=O) groups is 1. The zero-order valence-electron chi connectivity index (χ0n) is 10.9. The van der Waals surface area contributed by atoms with E-state index in [2.05, 4.69) is 0 Å². The average molecular weight is 268 g/mol. The molecular formula is C14H20O3S. The van der Waals surface area contributed by atoms with Crippen LogP contribution in [0.4, 0.5) is 0 Å². The summed E-state index contributed by atoms with van der Waals surface area (Å²) < 4.78 is 12.1. The molecule has 0 radical (unpaired) electrons. The lowest BCUT2D eigenvalue weighted by Crippen LogP contribution is -2.26. The molecule has 18 heavy (non-hydrogen) atoms. The number of carboxylic acid groups (broad SMARTS) is 1. The van der Waals surface area contributed by atoms with Gasteiger partial charge < -0.3 is 5.11 Å². The Bertz CT molecular complexity index is 429. The molecule has 0 spiro atoms. The van der Waals surface area contributed by atoms with Gasteiger partial charge in [0.05, 0.1) is 0 Å². The Balaban J connectivity index is 2.73. The van der Waals surface area contributed by atoms with E-state index in [1.165, 1.54) is 0 Å². The fourth-order valence-electron chi connectivity index (χ4n) is 1.78. The third-order valence-corrected chi connectivity index (χ3v) is 4.64. The molecule has 0 aliphatic heterocycles. The minimum absolute atomic E-state index is 0.327. The first kappa shape index (κ1) is 14.9. The molecule has 0 saturated carbocycles. The van der Waals surface area contributed by atoms with Crippen molar-refractivity contribution in [1.82, 2.24) is 0 Å². The highest BCUT2D eigenvalue weighted by Crippen LogP contribution is 2.15. The van der Waals surface area contributed by atoms with Crippen LogP contribution in [0.2, 0.25) is 0 Å². The van der Waals surface area contributed by atoms with Gasteiger partial charge in [-0.15, -0.1) is 0 Å². The van der Waals surface area contributed by atoms with Crippen LogP contribution in [0.25, 0.3) is 0 Å². The predicted molar refractivity (Wildman–Crippen MR) is 74.0 cm³/mol. The number of benzene rings is 1. The summed E-state index contributed by atoms with van der Waals surface area (Å²) in [7, 11) is -1.35. The second-order valence-electron chi connectivity index (χ2n) is 4.42. The van der Waals surface area contributed by atoms with Crippen molar-refractivity contribution in [3.63, 3.8) is 0 Å². The van der Waals surface area contributed by atoms with E-state index in [0.29, 0.717) is 12.2 Å². The molecule has 2 unspecified atom stereocenters. The Labute approximate surface area is 111 Å². The average Bonchev–Trinajstić information content (AvgIpc) is 2.32. The number of carboxylic acids is 1. The molecule has 0 aromatic heterocycles. The van der Waals surface area contributed by atoms with E-state index in [9.17, 15) is 9.00 Å². The molecule has 0 bridgehead atoms. The molecule has 1 N–H and O–H groups in total. The lowest BCUT2D eigenvalue weighted by molar-refractivity contribution is -0.136. The second kappa shape index (κ2) is 7.31. The molecular weight excluding hydrogens is 248 g/mol. The van der Waals surface area contributed by atoms with Crippen LogP contribution in [0, 0.1) is 6.92 Å². The Hall–Kier alpha value is -1.16. The SMILES string of the molecule is CCCCC(C(=O)O)S(=O)Cc1ccccc1C. The van der Waals surface area contributed by atoms with Crippen molar-refractivity contribution in [2.24, 2.45) is 0 Å². The highest BCUT2D eigenvalue weighted by Gasteiger charge is 2.24. The molecule has 3 nitrogen and oxygen atoms in total. The van der Waals surface area contributed by atoms with E-state index in [-0.39, 0.29) is 0 Å². The maximum atomic E-state index is 12.1. The molecule has 0 heterocycles. The third kappa shape index (κ3) is 4.26. The van der Waals surface area contributed by atoms with Crippen molar-refractivity contribution in [3.8, 4) is 0 Å². The molecule has 100 valence electrons. The Morgan fingerprint density at radius 3 is 2.61 bits per heavy atom. The van der Waals surface area contributed by atoms with E-state index >= 15 is 0 Å². The normalized spacial score (nSPS) is 14.1. The molecule has 1 aromatic rings. The van der Waals surface area contributed by atoms with E-state index in [1.807, 2.05) is 38.1 Å². The summed E-state index contributed by atoms with van der Waals surface area (Å²) in [6.45, 7) is 3.96. The highest BCUT2D eigenvalue weighted by atomic mass is 32.2. The van der Waals surface area contributed by atoms with Crippen LogP contribution in [0.1, 0.15) is 37.3 Å². The molecule has 0 amide bonds. The van der Waals surface area contributed by atoms with Crippen LogP contribution >= 0.6 is 0 Å². The Morgan fingerprint density at radius 2 is 2.06 bits per heavy atom. The Kier molecular flexibility index (Phi) is 6.05. The Morgan fingerprint density at radius 1 is 1.39 bits per heavy atom. The molecule has 0 fully saturated rings. The minimum Gasteiger partial charge on any atom is -0.480 e. The zero-order valence-corrected chi connectivity index (χ0v) is 11.7. The number of hydrogen-bond acceptors (Lipinski definition) is 2. The van der Waals surface area contributed by atoms with Crippen molar-refractivity contribution >= 4 is 16.8 Å². The number of hydrogen-bond donors (Lipinski definition) is 1. The summed E-state index contributed by atoms with van der Waals surface area (Å²) in [6.07, 6.45) is 2.21. The van der Waals surface area contributed by atoms with Gasteiger partial charge >= 0.3 is 5.97 Å². The van der Waals surface area contributed by atoms with Crippen molar-refractivity contribution in [1.29, 1.82) is 0 Å². The van der Waals surface area contributed by atoms with Gasteiger partial charge in [0.25, 0.3) is 0 Å². The summed E-state index contributed by atoms with van der Waals surface area (Å²) in [5.74, 6) is -0.622. The standard InChI is InChI=1S/C14H20O3S/c1-3-4-9-13(14(15)16)18(17)10-12-8-6-5-7-11(12)2/h5-8,13H,3-4,9-10H2,1-2H3,(H,15,16). The number of aliphatic carboxylic acids is 1. The lowest BCUT2D eigenvalue weighted by Gasteiger charge is -2.12. The lowest BCUT2D eigenvalue weighted by atomic mass is 10.1.